The second-order valence-corrected chi connectivity index (χ2v) is 6.50. The summed E-state index contributed by atoms with van der Waals surface area (Å²) < 4.78 is 0. The van der Waals surface area contributed by atoms with Gasteiger partial charge in [0.05, 0.1) is 5.60 Å². The van der Waals surface area contributed by atoms with Crippen LogP contribution in [0.1, 0.15) is 32.1 Å². The zero-order valence-corrected chi connectivity index (χ0v) is 11.4. The third-order valence-corrected chi connectivity index (χ3v) is 5.08. The lowest BCUT2D eigenvalue weighted by Gasteiger charge is -2.34. The molecule has 3 aliphatic rings. The molecule has 0 amide bonds. The average molecular weight is 253 g/mol. The molecule has 3 N–H and O–H groups in total. The molecule has 2 unspecified atom stereocenters. The number of hydrogen-bond donors (Lipinski definition) is 2. The predicted molar refractivity (Wildman–Crippen MR) is 72.4 cm³/mol. The summed E-state index contributed by atoms with van der Waals surface area (Å²) in [5.74, 6) is 0.463. The Morgan fingerprint density at radius 2 is 1.89 bits per heavy atom. The van der Waals surface area contributed by atoms with Crippen molar-refractivity contribution >= 4 is 0 Å². The number of nitrogens with two attached hydrogens (primary N) is 1. The van der Waals surface area contributed by atoms with E-state index in [9.17, 15) is 5.11 Å². The van der Waals surface area contributed by atoms with Gasteiger partial charge in [-0.25, -0.2) is 0 Å². The van der Waals surface area contributed by atoms with E-state index in [4.69, 9.17) is 5.73 Å². The highest BCUT2D eigenvalue weighted by Crippen LogP contribution is 2.40. The van der Waals surface area contributed by atoms with Crippen LogP contribution in [0.2, 0.25) is 0 Å². The molecule has 2 heterocycles. The lowest BCUT2D eigenvalue weighted by atomic mass is 9.97. The number of fused-ring (bicyclic) bond motifs is 1. The fourth-order valence-corrected chi connectivity index (χ4v) is 3.79. The molecule has 0 aromatic heterocycles. The van der Waals surface area contributed by atoms with Crippen LogP contribution >= 0.6 is 0 Å². The first-order chi connectivity index (χ1) is 8.71. The van der Waals surface area contributed by atoms with Gasteiger partial charge in [0.1, 0.15) is 0 Å². The Labute approximate surface area is 110 Å². The SMILES string of the molecule is NCC(O)(CN1CCCN2CCCC2C1)C1CC1. The normalized spacial score (nSPS) is 34.0. The van der Waals surface area contributed by atoms with Gasteiger partial charge in [0, 0.05) is 25.7 Å². The van der Waals surface area contributed by atoms with Crippen molar-refractivity contribution < 1.29 is 5.11 Å². The third kappa shape index (κ3) is 2.57. The molecule has 3 fully saturated rings. The molecule has 3 rings (SSSR count). The highest BCUT2D eigenvalue weighted by Gasteiger charge is 2.44. The lowest BCUT2D eigenvalue weighted by molar-refractivity contribution is -0.00942. The molecule has 2 saturated heterocycles. The molecule has 18 heavy (non-hydrogen) atoms. The Balaban J connectivity index is 1.61. The molecule has 1 aliphatic carbocycles. The number of aliphatic hydroxyl groups is 1. The van der Waals surface area contributed by atoms with Gasteiger partial charge >= 0.3 is 0 Å². The zero-order valence-electron chi connectivity index (χ0n) is 11.4. The summed E-state index contributed by atoms with van der Waals surface area (Å²) in [5.41, 5.74) is 5.21. The van der Waals surface area contributed by atoms with Crippen LogP contribution in [-0.4, -0.2) is 65.8 Å². The van der Waals surface area contributed by atoms with Crippen LogP contribution < -0.4 is 5.73 Å². The summed E-state index contributed by atoms with van der Waals surface area (Å²) in [4.78, 5) is 5.11. The van der Waals surface area contributed by atoms with E-state index in [0.29, 0.717) is 12.5 Å². The summed E-state index contributed by atoms with van der Waals surface area (Å²) in [7, 11) is 0. The second-order valence-electron chi connectivity index (χ2n) is 6.50. The van der Waals surface area contributed by atoms with Crippen molar-refractivity contribution in [2.75, 3.05) is 39.3 Å². The first kappa shape index (κ1) is 12.9. The van der Waals surface area contributed by atoms with Gasteiger partial charge in [0.2, 0.25) is 0 Å². The number of rotatable bonds is 4. The van der Waals surface area contributed by atoms with Crippen molar-refractivity contribution in [2.24, 2.45) is 11.7 Å². The van der Waals surface area contributed by atoms with E-state index < -0.39 is 5.60 Å². The van der Waals surface area contributed by atoms with Gasteiger partial charge in [-0.2, -0.15) is 0 Å². The molecule has 0 aromatic rings. The van der Waals surface area contributed by atoms with Gasteiger partial charge in [-0.1, -0.05) is 0 Å². The first-order valence-corrected chi connectivity index (χ1v) is 7.60. The van der Waals surface area contributed by atoms with Crippen molar-refractivity contribution in [1.82, 2.24) is 9.80 Å². The minimum absolute atomic E-state index is 0.419. The Kier molecular flexibility index (Phi) is 3.63. The molecular weight excluding hydrogens is 226 g/mol. The van der Waals surface area contributed by atoms with Crippen LogP contribution in [0.5, 0.6) is 0 Å². The van der Waals surface area contributed by atoms with Gasteiger partial charge in [0.25, 0.3) is 0 Å². The molecule has 4 nitrogen and oxygen atoms in total. The van der Waals surface area contributed by atoms with E-state index in [0.717, 1.165) is 38.5 Å². The molecular formula is C14H27N3O. The van der Waals surface area contributed by atoms with Crippen molar-refractivity contribution in [3.63, 3.8) is 0 Å². The Hall–Kier alpha value is -0.160. The third-order valence-electron chi connectivity index (χ3n) is 5.08. The summed E-state index contributed by atoms with van der Waals surface area (Å²) in [6.07, 6.45) is 6.25. The van der Waals surface area contributed by atoms with Crippen LogP contribution in [0.15, 0.2) is 0 Å². The van der Waals surface area contributed by atoms with Crippen LogP contribution in [0.3, 0.4) is 0 Å². The molecule has 2 atom stereocenters. The quantitative estimate of drug-likeness (QED) is 0.754. The lowest BCUT2D eigenvalue weighted by Crippen LogP contribution is -2.51. The second kappa shape index (κ2) is 5.08. The highest BCUT2D eigenvalue weighted by atomic mass is 16.3. The number of β-amino-alcohol motifs (C(OH)–C–C–N with tert-alkyl or cyclic N) is 1. The van der Waals surface area contributed by atoms with E-state index in [2.05, 4.69) is 9.80 Å². The van der Waals surface area contributed by atoms with E-state index in [1.807, 2.05) is 0 Å². The monoisotopic (exact) mass is 253 g/mol. The predicted octanol–water partition coefficient (Wildman–Crippen LogP) is 0.256. The molecule has 4 heteroatoms. The van der Waals surface area contributed by atoms with Crippen LogP contribution in [-0.2, 0) is 0 Å². The van der Waals surface area contributed by atoms with E-state index in [1.165, 1.54) is 32.4 Å². The standard InChI is InChI=1S/C14H27N3O/c15-10-14(18,12-4-5-12)11-16-6-2-8-17-7-1-3-13(17)9-16/h12-13,18H,1-11,15H2. The summed E-state index contributed by atoms with van der Waals surface area (Å²) in [6, 6.07) is 0.730. The molecule has 0 aromatic carbocycles. The minimum Gasteiger partial charge on any atom is -0.387 e. The van der Waals surface area contributed by atoms with Gasteiger partial charge < -0.3 is 10.8 Å². The maximum Gasteiger partial charge on any atom is 0.0923 e. The fraction of sp³-hybridized carbons (Fsp3) is 1.00. The number of nitrogens with zero attached hydrogens (tertiary/aromatic N) is 2. The molecule has 0 bridgehead atoms. The van der Waals surface area contributed by atoms with Gasteiger partial charge in [-0.05, 0) is 57.7 Å². The van der Waals surface area contributed by atoms with E-state index in [-0.39, 0.29) is 0 Å². The molecule has 104 valence electrons. The molecule has 0 radical (unpaired) electrons. The summed E-state index contributed by atoms with van der Waals surface area (Å²) in [6.45, 7) is 5.99. The average Bonchev–Trinajstić information content (AvgIpc) is 3.16. The maximum absolute atomic E-state index is 10.7. The van der Waals surface area contributed by atoms with E-state index in [1.54, 1.807) is 0 Å². The summed E-state index contributed by atoms with van der Waals surface area (Å²) >= 11 is 0. The maximum atomic E-state index is 10.7. The van der Waals surface area contributed by atoms with E-state index >= 15 is 0 Å². The Morgan fingerprint density at radius 3 is 2.61 bits per heavy atom. The fourth-order valence-electron chi connectivity index (χ4n) is 3.79. The topological polar surface area (TPSA) is 52.7 Å². The Bertz CT molecular complexity index is 295. The number of hydrogen-bond acceptors (Lipinski definition) is 4. The van der Waals surface area contributed by atoms with Gasteiger partial charge in [-0.15, -0.1) is 0 Å². The van der Waals surface area contributed by atoms with Crippen LogP contribution in [0.4, 0.5) is 0 Å². The van der Waals surface area contributed by atoms with Crippen molar-refractivity contribution in [2.45, 2.75) is 43.7 Å². The van der Waals surface area contributed by atoms with Gasteiger partial charge in [0.15, 0.2) is 0 Å². The molecule has 2 aliphatic heterocycles. The van der Waals surface area contributed by atoms with Crippen molar-refractivity contribution in [1.29, 1.82) is 0 Å². The first-order valence-electron chi connectivity index (χ1n) is 7.60. The Morgan fingerprint density at radius 1 is 1.11 bits per heavy atom. The van der Waals surface area contributed by atoms with Crippen LogP contribution in [0.25, 0.3) is 0 Å². The summed E-state index contributed by atoms with van der Waals surface area (Å²) in [5, 5.41) is 10.7. The molecule has 0 spiro atoms. The van der Waals surface area contributed by atoms with Gasteiger partial charge in [-0.3, -0.25) is 9.80 Å². The van der Waals surface area contributed by atoms with Crippen molar-refractivity contribution in [3.8, 4) is 0 Å². The van der Waals surface area contributed by atoms with Crippen molar-refractivity contribution in [3.05, 3.63) is 0 Å². The largest absolute Gasteiger partial charge is 0.387 e. The minimum atomic E-state index is -0.617. The molecule has 1 saturated carbocycles. The van der Waals surface area contributed by atoms with Crippen LogP contribution in [0, 0.1) is 5.92 Å². The highest BCUT2D eigenvalue weighted by molar-refractivity contribution is 4.98. The zero-order chi connectivity index (χ0) is 12.6. The smallest absolute Gasteiger partial charge is 0.0923 e.